The van der Waals surface area contributed by atoms with Gasteiger partial charge in [-0.15, -0.1) is 12.6 Å². The summed E-state index contributed by atoms with van der Waals surface area (Å²) in [5.74, 6) is -1.27. The molecule has 1 saturated carbocycles. The van der Waals surface area contributed by atoms with Crippen LogP contribution in [0.2, 0.25) is 0 Å². The highest BCUT2D eigenvalue weighted by atomic mass is 32.1. The molecule has 1 unspecified atom stereocenters. The molecule has 2 amide bonds. The number of thiol groups is 1. The number of halogens is 4. The van der Waals surface area contributed by atoms with Gasteiger partial charge >= 0.3 is 6.18 Å². The highest BCUT2D eigenvalue weighted by Gasteiger charge is 2.60. The van der Waals surface area contributed by atoms with Crippen LogP contribution in [0, 0.1) is 17.1 Å². The maximum atomic E-state index is 15.4. The normalized spacial score (nSPS) is 19.7. The second-order valence-corrected chi connectivity index (χ2v) is 10.5. The molecule has 6 rings (SSSR count). The Morgan fingerprint density at radius 3 is 2.48 bits per heavy atom. The minimum atomic E-state index is -4.79. The van der Waals surface area contributed by atoms with E-state index in [0.717, 1.165) is 17.0 Å². The van der Waals surface area contributed by atoms with Crippen molar-refractivity contribution in [1.82, 2.24) is 9.88 Å². The second kappa shape index (κ2) is 9.23. The third-order valence-corrected chi connectivity index (χ3v) is 8.31. The number of benzene rings is 2. The summed E-state index contributed by atoms with van der Waals surface area (Å²) in [6.07, 6.45) is -1.63. The molecule has 1 saturated heterocycles. The van der Waals surface area contributed by atoms with E-state index in [9.17, 15) is 22.8 Å². The van der Waals surface area contributed by atoms with E-state index in [4.69, 9.17) is 5.26 Å². The number of alkyl halides is 3. The van der Waals surface area contributed by atoms with Gasteiger partial charge < -0.3 is 9.80 Å². The van der Waals surface area contributed by atoms with Gasteiger partial charge in [-0.1, -0.05) is 6.07 Å². The fraction of sp³-hybridized carbons (Fsp3) is 0.286. The number of anilines is 2. The third kappa shape index (κ3) is 3.91. The van der Waals surface area contributed by atoms with Crippen molar-refractivity contribution >= 4 is 35.8 Å². The van der Waals surface area contributed by atoms with E-state index in [1.807, 2.05) is 0 Å². The predicted molar refractivity (Wildman–Crippen MR) is 140 cm³/mol. The Bertz CT molecular complexity index is 1600. The molecule has 0 N–H and O–H groups in total. The Morgan fingerprint density at radius 1 is 1.10 bits per heavy atom. The standard InChI is InChI=1S/C28H21F4N5O2S/c29-22-12-19(7-5-17(22)14-35-15-23-20(24(35)38)3-1-10-34-23)37-26(40)36(25(39)27(37)8-2-9-27)18-6-4-16(13-33)21(11-18)28(30,31)32/h1,3-7,10-12,26,40H,2,8-9,14-15H2. The van der Waals surface area contributed by atoms with Crippen molar-refractivity contribution in [3.8, 4) is 6.07 Å². The van der Waals surface area contributed by atoms with E-state index in [0.29, 0.717) is 36.2 Å². The highest BCUT2D eigenvalue weighted by Crippen LogP contribution is 2.50. The molecule has 12 heteroatoms. The lowest BCUT2D eigenvalue weighted by Gasteiger charge is -2.44. The zero-order valence-corrected chi connectivity index (χ0v) is 21.7. The van der Waals surface area contributed by atoms with Crippen molar-refractivity contribution in [3.63, 3.8) is 0 Å². The molecule has 2 fully saturated rings. The maximum absolute atomic E-state index is 15.4. The van der Waals surface area contributed by atoms with Gasteiger partial charge in [-0.05, 0) is 61.7 Å². The number of carbonyl (C=O) groups is 2. The van der Waals surface area contributed by atoms with Crippen LogP contribution in [-0.4, -0.2) is 32.7 Å². The van der Waals surface area contributed by atoms with Gasteiger partial charge in [0.1, 0.15) is 11.4 Å². The lowest BCUT2D eigenvalue weighted by atomic mass is 9.75. The number of hydrogen-bond donors (Lipinski definition) is 1. The molecule has 3 aromatic rings. The predicted octanol–water partition coefficient (Wildman–Crippen LogP) is 5.26. The fourth-order valence-corrected chi connectivity index (χ4v) is 6.30. The van der Waals surface area contributed by atoms with Gasteiger partial charge in [0.25, 0.3) is 11.8 Å². The van der Waals surface area contributed by atoms with Gasteiger partial charge in [-0.3, -0.25) is 19.5 Å². The number of nitriles is 1. The number of hydrogen-bond acceptors (Lipinski definition) is 6. The van der Waals surface area contributed by atoms with Crippen molar-refractivity contribution in [1.29, 1.82) is 5.26 Å². The van der Waals surface area contributed by atoms with Crippen LogP contribution in [-0.2, 0) is 24.1 Å². The molecule has 3 aliphatic rings. The van der Waals surface area contributed by atoms with Gasteiger partial charge in [-0.2, -0.15) is 18.4 Å². The molecule has 40 heavy (non-hydrogen) atoms. The topological polar surface area (TPSA) is 80.5 Å². The third-order valence-electron chi connectivity index (χ3n) is 7.85. The zero-order valence-electron chi connectivity index (χ0n) is 20.8. The van der Waals surface area contributed by atoms with Gasteiger partial charge in [-0.25, -0.2) is 4.39 Å². The van der Waals surface area contributed by atoms with E-state index in [-0.39, 0.29) is 30.2 Å². The van der Waals surface area contributed by atoms with Crippen molar-refractivity contribution in [2.24, 2.45) is 0 Å². The lowest BCUT2D eigenvalue weighted by Crippen LogP contribution is -2.55. The quantitative estimate of drug-likeness (QED) is 0.344. The Labute approximate surface area is 232 Å². The minimum Gasteiger partial charge on any atom is -0.328 e. The van der Waals surface area contributed by atoms with Crippen LogP contribution in [0.4, 0.5) is 28.9 Å². The highest BCUT2D eigenvalue weighted by molar-refractivity contribution is 7.81. The molecule has 3 heterocycles. The fourth-order valence-electron chi connectivity index (χ4n) is 5.71. The van der Waals surface area contributed by atoms with Crippen molar-refractivity contribution in [2.45, 2.75) is 49.6 Å². The van der Waals surface area contributed by atoms with E-state index in [2.05, 4.69) is 17.6 Å². The molecular formula is C28H21F4N5O2S. The molecule has 2 aromatic carbocycles. The van der Waals surface area contributed by atoms with Crippen LogP contribution in [0.25, 0.3) is 0 Å². The van der Waals surface area contributed by atoms with Crippen LogP contribution in [0.3, 0.4) is 0 Å². The summed E-state index contributed by atoms with van der Waals surface area (Å²) in [6, 6.07) is 12.4. The lowest BCUT2D eigenvalue weighted by molar-refractivity contribution is -0.137. The largest absolute Gasteiger partial charge is 0.417 e. The summed E-state index contributed by atoms with van der Waals surface area (Å²) in [7, 11) is 0. The number of amides is 2. The van der Waals surface area contributed by atoms with Crippen LogP contribution >= 0.6 is 12.6 Å². The Morgan fingerprint density at radius 2 is 1.85 bits per heavy atom. The molecule has 1 aliphatic carbocycles. The van der Waals surface area contributed by atoms with Crippen molar-refractivity contribution < 1.29 is 27.2 Å². The second-order valence-electron chi connectivity index (χ2n) is 10.1. The minimum absolute atomic E-state index is 0.0211. The molecule has 1 aromatic heterocycles. The van der Waals surface area contributed by atoms with E-state index in [1.54, 1.807) is 29.3 Å². The zero-order chi connectivity index (χ0) is 28.4. The van der Waals surface area contributed by atoms with Crippen LogP contribution in [0.1, 0.15) is 52.0 Å². The molecule has 7 nitrogen and oxygen atoms in total. The van der Waals surface area contributed by atoms with Gasteiger partial charge in [0, 0.05) is 29.7 Å². The summed E-state index contributed by atoms with van der Waals surface area (Å²) in [4.78, 5) is 34.9. The molecule has 0 bridgehead atoms. The first kappa shape index (κ1) is 26.1. The monoisotopic (exact) mass is 567 g/mol. The molecule has 1 spiro atoms. The van der Waals surface area contributed by atoms with Gasteiger partial charge in [0.2, 0.25) is 0 Å². The molecule has 1 atom stereocenters. The van der Waals surface area contributed by atoms with Crippen molar-refractivity contribution in [3.05, 3.63) is 88.5 Å². The summed E-state index contributed by atoms with van der Waals surface area (Å²) in [5.41, 5.74) is -2.13. The average molecular weight is 568 g/mol. The molecule has 0 radical (unpaired) electrons. The number of nitrogens with zero attached hydrogens (tertiary/aromatic N) is 5. The number of fused-ring (bicyclic) bond motifs is 1. The van der Waals surface area contributed by atoms with E-state index < -0.39 is 40.1 Å². The van der Waals surface area contributed by atoms with Crippen LogP contribution in [0.5, 0.6) is 0 Å². The number of carbonyl (C=O) groups excluding carboxylic acids is 2. The number of aromatic nitrogens is 1. The summed E-state index contributed by atoms with van der Waals surface area (Å²) in [6.45, 7) is 0.283. The first-order chi connectivity index (χ1) is 19.0. The van der Waals surface area contributed by atoms with Gasteiger partial charge in [0.05, 0.1) is 35.0 Å². The van der Waals surface area contributed by atoms with E-state index >= 15 is 4.39 Å². The SMILES string of the molecule is N#Cc1ccc(N2C(=O)C3(CCC3)N(c3ccc(CN4Cc5ncccc5C4=O)c(F)c3)C2S)cc1C(F)(F)F. The van der Waals surface area contributed by atoms with Gasteiger partial charge in [0.15, 0.2) is 5.50 Å². The maximum Gasteiger partial charge on any atom is 0.417 e. The van der Waals surface area contributed by atoms with E-state index in [1.165, 1.54) is 29.2 Å². The van der Waals surface area contributed by atoms with Crippen LogP contribution < -0.4 is 9.80 Å². The van der Waals surface area contributed by atoms with Crippen molar-refractivity contribution in [2.75, 3.05) is 9.80 Å². The van der Waals surface area contributed by atoms with Crippen LogP contribution in [0.15, 0.2) is 54.7 Å². The Hall–Kier alpha value is -4.11. The smallest absolute Gasteiger partial charge is 0.328 e. The number of rotatable bonds is 4. The first-order valence-electron chi connectivity index (χ1n) is 12.5. The molecule has 204 valence electrons. The summed E-state index contributed by atoms with van der Waals surface area (Å²) in [5, 5.41) is 9.15. The molecule has 2 aliphatic heterocycles. The first-order valence-corrected chi connectivity index (χ1v) is 13.0. The summed E-state index contributed by atoms with van der Waals surface area (Å²) < 4.78 is 56.4. The summed E-state index contributed by atoms with van der Waals surface area (Å²) >= 11 is 4.62. The average Bonchev–Trinajstić information content (AvgIpc) is 3.34. The Balaban J connectivity index is 1.31. The molecular weight excluding hydrogens is 546 g/mol. The number of pyridine rings is 1. The Kier molecular flexibility index (Phi) is 6.03.